The third kappa shape index (κ3) is 2.76. The number of allylic oxidation sites excluding steroid dienone is 1. The Morgan fingerprint density at radius 2 is 2.40 bits per heavy atom. The maximum Gasteiger partial charge on any atom is 0.240 e. The van der Waals surface area contributed by atoms with Crippen LogP contribution in [0, 0.1) is 12.3 Å². The number of carbonyl (C=O) groups is 1. The Kier molecular flexibility index (Phi) is 3.41. The second-order valence-corrected chi connectivity index (χ2v) is 4.45. The molecule has 0 aromatic rings. The maximum absolute atomic E-state index is 11.5. The van der Waals surface area contributed by atoms with Crippen LogP contribution in [0.25, 0.3) is 0 Å². The van der Waals surface area contributed by atoms with E-state index in [1.165, 1.54) is 0 Å². The molecule has 1 rings (SSSR count). The molecule has 0 aromatic heterocycles. The second-order valence-electron chi connectivity index (χ2n) is 4.45. The van der Waals surface area contributed by atoms with Crippen molar-refractivity contribution in [3.63, 3.8) is 0 Å². The Hall–Kier alpha value is -1.43. The molecule has 0 radical (unpaired) electrons. The fourth-order valence-electron chi connectivity index (χ4n) is 1.82. The molecule has 0 spiro atoms. The van der Waals surface area contributed by atoms with Crippen LogP contribution in [0.3, 0.4) is 0 Å². The van der Waals surface area contributed by atoms with Crippen molar-refractivity contribution in [3.8, 4) is 12.3 Å². The predicted octanol–water partition coefficient (Wildman–Crippen LogP) is 1.12. The van der Waals surface area contributed by atoms with Crippen LogP contribution in [0.5, 0.6) is 0 Å². The molecule has 0 saturated carbocycles. The van der Waals surface area contributed by atoms with Gasteiger partial charge in [0.15, 0.2) is 0 Å². The summed E-state index contributed by atoms with van der Waals surface area (Å²) in [6.07, 6.45) is 7.09. The molecule has 1 aliphatic heterocycles. The van der Waals surface area contributed by atoms with E-state index in [2.05, 4.69) is 36.6 Å². The largest absolute Gasteiger partial charge is 0.361 e. The summed E-state index contributed by atoms with van der Waals surface area (Å²) in [6.45, 7) is 8.87. The molecule has 1 heterocycles. The van der Waals surface area contributed by atoms with Crippen LogP contribution in [-0.4, -0.2) is 29.4 Å². The molecule has 0 aliphatic carbocycles. The summed E-state index contributed by atoms with van der Waals surface area (Å²) >= 11 is 0. The first-order valence-electron chi connectivity index (χ1n) is 5.13. The predicted molar refractivity (Wildman–Crippen MR) is 61.0 cm³/mol. The van der Waals surface area contributed by atoms with Crippen LogP contribution in [0.4, 0.5) is 0 Å². The molecule has 0 bridgehead atoms. The van der Waals surface area contributed by atoms with Crippen molar-refractivity contribution in [2.75, 3.05) is 13.1 Å². The number of terminal acetylenes is 1. The van der Waals surface area contributed by atoms with Gasteiger partial charge in [-0.15, -0.1) is 6.42 Å². The Balaban J connectivity index is 2.54. The number of hydrogen-bond donors (Lipinski definition) is 1. The Morgan fingerprint density at radius 3 is 2.87 bits per heavy atom. The lowest BCUT2D eigenvalue weighted by Gasteiger charge is -2.33. The summed E-state index contributed by atoms with van der Waals surface area (Å²) < 4.78 is 0. The van der Waals surface area contributed by atoms with Crippen molar-refractivity contribution >= 4 is 5.91 Å². The van der Waals surface area contributed by atoms with Gasteiger partial charge in [-0.1, -0.05) is 12.5 Å². The minimum atomic E-state index is -0.0379. The Bertz CT molecular complexity index is 312. The number of carbonyl (C=O) groups excluding carboxylic acids is 1. The summed E-state index contributed by atoms with van der Waals surface area (Å²) in [7, 11) is 0. The van der Waals surface area contributed by atoms with Crippen molar-refractivity contribution in [3.05, 3.63) is 12.3 Å². The molecule has 15 heavy (non-hydrogen) atoms. The van der Waals surface area contributed by atoms with Gasteiger partial charge in [-0.05, 0) is 26.7 Å². The molecular weight excluding hydrogens is 188 g/mol. The van der Waals surface area contributed by atoms with E-state index in [1.54, 1.807) is 0 Å². The Morgan fingerprint density at radius 1 is 1.73 bits per heavy atom. The molecule has 3 heteroatoms. The van der Waals surface area contributed by atoms with E-state index < -0.39 is 0 Å². The first kappa shape index (κ1) is 11.6. The van der Waals surface area contributed by atoms with Crippen LogP contribution < -0.4 is 5.32 Å². The van der Waals surface area contributed by atoms with E-state index in [9.17, 15) is 4.79 Å². The van der Waals surface area contributed by atoms with E-state index in [0.29, 0.717) is 13.1 Å². The summed E-state index contributed by atoms with van der Waals surface area (Å²) in [6, 6.07) is 0. The molecule has 0 unspecified atom stereocenters. The average Bonchev–Trinajstić information content (AvgIpc) is 2.42. The highest BCUT2D eigenvalue weighted by Gasteiger charge is 2.34. The quantitative estimate of drug-likeness (QED) is 0.702. The molecule has 1 fully saturated rings. The molecular formula is C12H18N2O. The number of nitrogens with one attached hydrogen (secondary N) is 1. The highest BCUT2D eigenvalue weighted by molar-refractivity contribution is 5.78. The smallest absolute Gasteiger partial charge is 0.240 e. The van der Waals surface area contributed by atoms with Gasteiger partial charge in [0.1, 0.15) is 0 Å². The first-order valence-corrected chi connectivity index (χ1v) is 5.13. The third-order valence-electron chi connectivity index (χ3n) is 2.83. The normalized spacial score (nSPS) is 18.7. The number of amides is 1. The van der Waals surface area contributed by atoms with Crippen molar-refractivity contribution < 1.29 is 4.79 Å². The zero-order valence-electron chi connectivity index (χ0n) is 9.47. The van der Waals surface area contributed by atoms with Crippen LogP contribution >= 0.6 is 0 Å². The number of hydrogen-bond acceptors (Lipinski definition) is 2. The molecule has 0 atom stereocenters. The lowest BCUT2D eigenvalue weighted by Crippen LogP contribution is -2.43. The van der Waals surface area contributed by atoms with E-state index in [0.717, 1.165) is 18.5 Å². The van der Waals surface area contributed by atoms with Crippen LogP contribution in [0.15, 0.2) is 12.3 Å². The highest BCUT2D eigenvalue weighted by Crippen LogP contribution is 2.34. The van der Waals surface area contributed by atoms with Gasteiger partial charge in [-0.2, -0.15) is 0 Å². The Labute approximate surface area is 91.5 Å². The zero-order chi connectivity index (χ0) is 11.5. The fraction of sp³-hybridized carbons (Fsp3) is 0.583. The molecule has 1 aliphatic rings. The summed E-state index contributed by atoms with van der Waals surface area (Å²) in [5.74, 6) is 2.34. The molecule has 1 N–H and O–H groups in total. The van der Waals surface area contributed by atoms with Gasteiger partial charge in [0.25, 0.3) is 0 Å². The van der Waals surface area contributed by atoms with Gasteiger partial charge in [-0.3, -0.25) is 4.79 Å². The summed E-state index contributed by atoms with van der Waals surface area (Å²) in [4.78, 5) is 13.6. The molecule has 0 aromatic carbocycles. The highest BCUT2D eigenvalue weighted by atomic mass is 16.2. The average molecular weight is 206 g/mol. The molecule has 1 saturated heterocycles. The second kappa shape index (κ2) is 4.39. The number of nitrogens with zero attached hydrogens (tertiary/aromatic N) is 1. The van der Waals surface area contributed by atoms with Crippen LogP contribution in [0.2, 0.25) is 0 Å². The van der Waals surface area contributed by atoms with Gasteiger partial charge in [-0.25, -0.2) is 0 Å². The number of rotatable bonds is 3. The summed E-state index contributed by atoms with van der Waals surface area (Å²) in [5.41, 5.74) is 1.07. The minimum Gasteiger partial charge on any atom is -0.361 e. The topological polar surface area (TPSA) is 32.3 Å². The van der Waals surface area contributed by atoms with Crippen molar-refractivity contribution in [1.82, 2.24) is 10.2 Å². The summed E-state index contributed by atoms with van der Waals surface area (Å²) in [5, 5.41) is 2.66. The fourth-order valence-corrected chi connectivity index (χ4v) is 1.82. The monoisotopic (exact) mass is 206 g/mol. The maximum atomic E-state index is 11.5. The SMILES string of the molecule is C#CCNC(=O)CN1C(=C)CCC1(C)C. The lowest BCUT2D eigenvalue weighted by molar-refractivity contribution is -0.122. The van der Waals surface area contributed by atoms with Gasteiger partial charge >= 0.3 is 0 Å². The zero-order valence-corrected chi connectivity index (χ0v) is 9.47. The molecule has 82 valence electrons. The van der Waals surface area contributed by atoms with Crippen molar-refractivity contribution in [1.29, 1.82) is 0 Å². The van der Waals surface area contributed by atoms with Gasteiger partial charge in [0.2, 0.25) is 5.91 Å². The van der Waals surface area contributed by atoms with E-state index >= 15 is 0 Å². The molecule has 1 amide bonds. The minimum absolute atomic E-state index is 0.0323. The van der Waals surface area contributed by atoms with Crippen molar-refractivity contribution in [2.24, 2.45) is 0 Å². The van der Waals surface area contributed by atoms with E-state index in [-0.39, 0.29) is 11.4 Å². The van der Waals surface area contributed by atoms with Crippen LogP contribution in [-0.2, 0) is 4.79 Å². The van der Waals surface area contributed by atoms with Gasteiger partial charge in [0.05, 0.1) is 13.1 Å². The third-order valence-corrected chi connectivity index (χ3v) is 2.83. The standard InChI is InChI=1S/C12H18N2O/c1-5-8-13-11(15)9-14-10(2)6-7-12(14,3)4/h1H,2,6-9H2,3-4H3,(H,13,15). The number of likely N-dealkylation sites (tertiary alicyclic amines) is 1. The van der Waals surface area contributed by atoms with E-state index in [4.69, 9.17) is 6.42 Å². The van der Waals surface area contributed by atoms with Crippen LogP contribution in [0.1, 0.15) is 26.7 Å². The molecule has 3 nitrogen and oxygen atoms in total. The van der Waals surface area contributed by atoms with Gasteiger partial charge < -0.3 is 10.2 Å². The van der Waals surface area contributed by atoms with Gasteiger partial charge in [0, 0.05) is 11.2 Å². The van der Waals surface area contributed by atoms with E-state index in [1.807, 2.05) is 0 Å². The van der Waals surface area contributed by atoms with Crippen molar-refractivity contribution in [2.45, 2.75) is 32.2 Å². The lowest BCUT2D eigenvalue weighted by atomic mass is 10.0. The first-order chi connectivity index (χ1) is 6.97.